The molecule has 0 spiro atoms. The van der Waals surface area contributed by atoms with Gasteiger partial charge in [-0.2, -0.15) is 10.4 Å². The molecule has 6 nitrogen and oxygen atoms in total. The monoisotopic (exact) mass is 343 g/mol. The van der Waals surface area contributed by atoms with Crippen molar-refractivity contribution >= 4 is 11.0 Å². The zero-order chi connectivity index (χ0) is 18.4. The van der Waals surface area contributed by atoms with E-state index in [-0.39, 0.29) is 5.75 Å². The maximum Gasteiger partial charge on any atom is 0.139 e. The summed E-state index contributed by atoms with van der Waals surface area (Å²) in [7, 11) is 1.86. The topological polar surface area (TPSA) is 90.5 Å². The van der Waals surface area contributed by atoms with Gasteiger partial charge in [0.2, 0.25) is 0 Å². The molecule has 0 atom stereocenters. The lowest BCUT2D eigenvalue weighted by molar-refractivity contribution is 0.471. The number of H-pyrrole nitrogens is 1. The first kappa shape index (κ1) is 15.9. The molecule has 0 fully saturated rings. The lowest BCUT2D eigenvalue weighted by atomic mass is 9.92. The van der Waals surface area contributed by atoms with Crippen molar-refractivity contribution in [1.29, 1.82) is 5.26 Å². The van der Waals surface area contributed by atoms with Gasteiger partial charge in [0, 0.05) is 36.0 Å². The van der Waals surface area contributed by atoms with Crippen molar-refractivity contribution in [2.75, 3.05) is 0 Å². The zero-order valence-electron chi connectivity index (χ0n) is 14.7. The van der Waals surface area contributed by atoms with Crippen LogP contribution in [0.15, 0.2) is 36.8 Å². The maximum absolute atomic E-state index is 10.1. The van der Waals surface area contributed by atoms with Crippen molar-refractivity contribution in [3.8, 4) is 34.2 Å². The van der Waals surface area contributed by atoms with Crippen LogP contribution in [-0.4, -0.2) is 24.9 Å². The maximum atomic E-state index is 10.1. The molecule has 4 aromatic rings. The first-order chi connectivity index (χ1) is 12.5. The van der Waals surface area contributed by atoms with Crippen LogP contribution in [0.4, 0.5) is 0 Å². The summed E-state index contributed by atoms with van der Waals surface area (Å²) in [6, 6.07) is 7.76. The van der Waals surface area contributed by atoms with Crippen LogP contribution in [0.5, 0.6) is 5.75 Å². The molecule has 26 heavy (non-hydrogen) atoms. The third kappa shape index (κ3) is 2.33. The first-order valence-electron chi connectivity index (χ1n) is 8.20. The molecular formula is C20H17N5O. The molecule has 0 unspecified atom stereocenters. The second-order valence-electron chi connectivity index (χ2n) is 6.41. The third-order valence-electron chi connectivity index (χ3n) is 4.70. The molecule has 1 aromatic carbocycles. The number of aryl methyl sites for hydroxylation is 2. The smallest absolute Gasteiger partial charge is 0.139 e. The summed E-state index contributed by atoms with van der Waals surface area (Å²) in [5, 5.41) is 24.9. The Kier molecular flexibility index (Phi) is 3.51. The van der Waals surface area contributed by atoms with E-state index in [0.717, 1.165) is 38.9 Å². The minimum absolute atomic E-state index is 0.208. The number of nitrogens with one attached hydrogen (secondary N) is 1. The zero-order valence-corrected chi connectivity index (χ0v) is 14.7. The molecule has 0 aliphatic heterocycles. The van der Waals surface area contributed by atoms with Crippen LogP contribution in [0.2, 0.25) is 0 Å². The number of phenolic OH excluding ortho intramolecular Hbond substituents is 1. The summed E-state index contributed by atoms with van der Waals surface area (Å²) in [5.41, 5.74) is 6.28. The summed E-state index contributed by atoms with van der Waals surface area (Å²) in [5.74, 6) is 0.208. The molecule has 4 rings (SSSR count). The number of hydrogen-bond acceptors (Lipinski definition) is 4. The number of hydrogen-bond donors (Lipinski definition) is 2. The van der Waals surface area contributed by atoms with E-state index in [1.807, 2.05) is 39.2 Å². The Morgan fingerprint density at radius 1 is 1.23 bits per heavy atom. The third-order valence-corrected chi connectivity index (χ3v) is 4.70. The Balaban J connectivity index is 1.99. The average molecular weight is 343 g/mol. The minimum Gasteiger partial charge on any atom is -0.508 e. The lowest BCUT2D eigenvalue weighted by Crippen LogP contribution is -1.94. The van der Waals surface area contributed by atoms with Crippen LogP contribution in [0.25, 0.3) is 33.4 Å². The largest absolute Gasteiger partial charge is 0.508 e. The van der Waals surface area contributed by atoms with E-state index in [4.69, 9.17) is 0 Å². The molecule has 128 valence electrons. The van der Waals surface area contributed by atoms with E-state index in [1.165, 1.54) is 0 Å². The Bertz CT molecular complexity index is 1190. The number of rotatable bonds is 2. The summed E-state index contributed by atoms with van der Waals surface area (Å²) >= 11 is 0. The first-order valence-corrected chi connectivity index (χ1v) is 8.20. The van der Waals surface area contributed by atoms with Crippen molar-refractivity contribution in [2.45, 2.75) is 13.8 Å². The molecular weight excluding hydrogens is 326 g/mol. The highest BCUT2D eigenvalue weighted by Crippen LogP contribution is 2.37. The number of nitrogens with zero attached hydrogens (tertiary/aromatic N) is 4. The molecule has 0 bridgehead atoms. The van der Waals surface area contributed by atoms with E-state index in [2.05, 4.69) is 21.1 Å². The number of aromatic nitrogens is 4. The van der Waals surface area contributed by atoms with Crippen LogP contribution in [0.3, 0.4) is 0 Å². The van der Waals surface area contributed by atoms with E-state index in [1.54, 1.807) is 23.1 Å². The van der Waals surface area contributed by atoms with Gasteiger partial charge in [0.1, 0.15) is 17.5 Å². The van der Waals surface area contributed by atoms with Crippen LogP contribution in [0, 0.1) is 25.2 Å². The average Bonchev–Trinajstić information content (AvgIpc) is 3.24. The number of fused-ring (bicyclic) bond motifs is 1. The fourth-order valence-electron chi connectivity index (χ4n) is 3.35. The molecule has 6 heteroatoms. The van der Waals surface area contributed by atoms with Crippen molar-refractivity contribution < 1.29 is 5.11 Å². The molecule has 0 amide bonds. The predicted octanol–water partition coefficient (Wildman–Crippen LogP) is 3.82. The van der Waals surface area contributed by atoms with E-state index in [9.17, 15) is 10.4 Å². The molecule has 0 saturated carbocycles. The van der Waals surface area contributed by atoms with Gasteiger partial charge in [0.25, 0.3) is 0 Å². The molecule has 0 aliphatic rings. The summed E-state index contributed by atoms with van der Waals surface area (Å²) < 4.78 is 1.73. The van der Waals surface area contributed by atoms with Gasteiger partial charge in [-0.1, -0.05) is 6.07 Å². The SMILES string of the molecule is Cc1ccc(O)c(C)c1-c1cnc2[nH]c(-c3cnn(C)c3)cc2c1C#N. The van der Waals surface area contributed by atoms with Crippen molar-refractivity contribution in [3.63, 3.8) is 0 Å². The number of pyridine rings is 1. The second-order valence-corrected chi connectivity index (χ2v) is 6.41. The number of aromatic amines is 1. The number of aromatic hydroxyl groups is 1. The van der Waals surface area contributed by atoms with Gasteiger partial charge in [-0.15, -0.1) is 0 Å². The van der Waals surface area contributed by atoms with Gasteiger partial charge in [-0.25, -0.2) is 4.98 Å². The standard InChI is InChI=1S/C20H17N5O/c1-11-4-5-18(26)12(2)19(11)16-9-22-20-14(15(16)7-21)6-17(24-20)13-8-23-25(3)10-13/h4-6,8-10,26H,1-3H3,(H,22,24). The Morgan fingerprint density at radius 3 is 2.73 bits per heavy atom. The van der Waals surface area contributed by atoms with Gasteiger partial charge in [0.05, 0.1) is 17.5 Å². The second kappa shape index (κ2) is 5.74. The van der Waals surface area contributed by atoms with Crippen molar-refractivity contribution in [1.82, 2.24) is 19.7 Å². The van der Waals surface area contributed by atoms with Crippen LogP contribution < -0.4 is 0 Å². The molecule has 0 radical (unpaired) electrons. The predicted molar refractivity (Wildman–Crippen MR) is 99.6 cm³/mol. The number of benzene rings is 1. The summed E-state index contributed by atoms with van der Waals surface area (Å²) in [6.07, 6.45) is 5.36. The highest BCUT2D eigenvalue weighted by molar-refractivity contribution is 5.94. The van der Waals surface area contributed by atoms with Crippen LogP contribution >= 0.6 is 0 Å². The minimum atomic E-state index is 0.208. The Morgan fingerprint density at radius 2 is 2.04 bits per heavy atom. The normalized spacial score (nSPS) is 11.0. The number of nitriles is 1. The molecule has 0 saturated heterocycles. The van der Waals surface area contributed by atoms with E-state index in [0.29, 0.717) is 11.2 Å². The van der Waals surface area contributed by atoms with Gasteiger partial charge in [-0.3, -0.25) is 4.68 Å². The van der Waals surface area contributed by atoms with E-state index >= 15 is 0 Å². The fourth-order valence-corrected chi connectivity index (χ4v) is 3.35. The molecule has 3 aromatic heterocycles. The highest BCUT2D eigenvalue weighted by Gasteiger charge is 2.18. The molecule has 2 N–H and O–H groups in total. The van der Waals surface area contributed by atoms with Crippen molar-refractivity contribution in [3.05, 3.63) is 53.5 Å². The molecule has 3 heterocycles. The van der Waals surface area contributed by atoms with Crippen LogP contribution in [0.1, 0.15) is 16.7 Å². The highest BCUT2D eigenvalue weighted by atomic mass is 16.3. The van der Waals surface area contributed by atoms with Crippen LogP contribution in [-0.2, 0) is 7.05 Å². The summed E-state index contributed by atoms with van der Waals surface area (Å²) in [4.78, 5) is 7.77. The quantitative estimate of drug-likeness (QED) is 0.579. The van der Waals surface area contributed by atoms with Gasteiger partial charge in [-0.05, 0) is 42.7 Å². The Labute approximate surface area is 150 Å². The van der Waals surface area contributed by atoms with Crippen molar-refractivity contribution in [2.24, 2.45) is 7.05 Å². The number of phenols is 1. The Hall–Kier alpha value is -3.59. The molecule has 0 aliphatic carbocycles. The summed E-state index contributed by atoms with van der Waals surface area (Å²) in [6.45, 7) is 3.81. The fraction of sp³-hybridized carbons (Fsp3) is 0.150. The van der Waals surface area contributed by atoms with Gasteiger partial charge >= 0.3 is 0 Å². The lowest BCUT2D eigenvalue weighted by Gasteiger charge is -2.13. The van der Waals surface area contributed by atoms with Gasteiger partial charge < -0.3 is 10.1 Å². The van der Waals surface area contributed by atoms with Gasteiger partial charge in [0.15, 0.2) is 0 Å². The van der Waals surface area contributed by atoms with E-state index < -0.39 is 0 Å².